The van der Waals surface area contributed by atoms with E-state index in [1.807, 2.05) is 11.6 Å². The Balaban J connectivity index is 1.89. The molecule has 0 atom stereocenters. The number of thiazole rings is 1. The number of guanidine groups is 1. The second-order valence-corrected chi connectivity index (χ2v) is 7.24. The summed E-state index contributed by atoms with van der Waals surface area (Å²) in [6, 6.07) is 0. The largest absolute Gasteiger partial charge is 0.379 e. The minimum Gasteiger partial charge on any atom is -0.379 e. The predicted octanol–water partition coefficient (Wildman–Crippen LogP) is 2.62. The number of nitrogens with zero attached hydrogens (tertiary/aromatic N) is 2. The molecule has 0 amide bonds. The van der Waals surface area contributed by atoms with E-state index >= 15 is 0 Å². The number of hydrogen-bond donors (Lipinski definition) is 2. The van der Waals surface area contributed by atoms with Gasteiger partial charge in [0.05, 0.1) is 19.8 Å². The molecule has 0 aliphatic heterocycles. The summed E-state index contributed by atoms with van der Waals surface area (Å²) in [4.78, 5) is 8.45. The Labute approximate surface area is 153 Å². The number of rotatable bonds is 14. The van der Waals surface area contributed by atoms with Gasteiger partial charge in [-0.05, 0) is 12.8 Å². The molecule has 0 unspecified atom stereocenters. The highest BCUT2D eigenvalue weighted by Gasteiger charge is 1.99. The number of ether oxygens (including phenoxy) is 2. The van der Waals surface area contributed by atoms with Crippen LogP contribution in [0.1, 0.15) is 26.2 Å². The van der Waals surface area contributed by atoms with E-state index in [1.54, 1.807) is 30.1 Å². The van der Waals surface area contributed by atoms with Gasteiger partial charge < -0.3 is 20.1 Å². The topological polar surface area (TPSA) is 67.8 Å². The zero-order valence-corrected chi connectivity index (χ0v) is 16.4. The molecule has 1 rings (SSSR count). The second kappa shape index (κ2) is 15.7. The molecule has 24 heavy (non-hydrogen) atoms. The minimum absolute atomic E-state index is 0.644. The van der Waals surface area contributed by atoms with Gasteiger partial charge in [0, 0.05) is 44.1 Å². The van der Waals surface area contributed by atoms with Crippen LogP contribution in [0.3, 0.4) is 0 Å². The number of unbranched alkanes of at least 4 members (excludes halogenated alkanes) is 1. The van der Waals surface area contributed by atoms with E-state index in [4.69, 9.17) is 9.47 Å². The summed E-state index contributed by atoms with van der Waals surface area (Å²) in [5, 5.41) is 8.55. The minimum atomic E-state index is 0.644. The van der Waals surface area contributed by atoms with Crippen molar-refractivity contribution in [3.05, 3.63) is 11.6 Å². The number of aliphatic imine (C=N–C) groups is 1. The van der Waals surface area contributed by atoms with Gasteiger partial charge in [0.2, 0.25) is 0 Å². The summed E-state index contributed by atoms with van der Waals surface area (Å²) >= 11 is 3.48. The molecule has 1 aromatic heterocycles. The zero-order chi connectivity index (χ0) is 17.3. The number of aromatic nitrogens is 1. The van der Waals surface area contributed by atoms with Gasteiger partial charge in [-0.15, -0.1) is 11.3 Å². The molecule has 0 fully saturated rings. The molecule has 0 radical (unpaired) electrons. The van der Waals surface area contributed by atoms with Crippen molar-refractivity contribution in [2.24, 2.45) is 4.99 Å². The first-order chi connectivity index (χ1) is 11.9. The van der Waals surface area contributed by atoms with Gasteiger partial charge in [0.15, 0.2) is 5.96 Å². The normalized spacial score (nSPS) is 11.7. The van der Waals surface area contributed by atoms with E-state index in [0.29, 0.717) is 19.8 Å². The van der Waals surface area contributed by atoms with Crippen molar-refractivity contribution < 1.29 is 9.47 Å². The summed E-state index contributed by atoms with van der Waals surface area (Å²) in [6.45, 7) is 6.58. The Morgan fingerprint density at radius 1 is 1.17 bits per heavy atom. The summed E-state index contributed by atoms with van der Waals surface area (Å²) in [7, 11) is 1.78. The third-order valence-corrected chi connectivity index (χ3v) is 5.08. The molecule has 0 aliphatic rings. The van der Waals surface area contributed by atoms with Crippen LogP contribution < -0.4 is 10.6 Å². The van der Waals surface area contributed by atoms with Gasteiger partial charge in [-0.1, -0.05) is 25.1 Å². The van der Waals surface area contributed by atoms with Gasteiger partial charge in [0.25, 0.3) is 0 Å². The zero-order valence-electron chi connectivity index (χ0n) is 14.8. The molecule has 1 aromatic rings. The SMILES string of the molecule is CCCCOCCOCCNC(=NC)NCCCSc1nccs1. The first-order valence-electron chi connectivity index (χ1n) is 8.49. The maximum absolute atomic E-state index is 5.51. The van der Waals surface area contributed by atoms with Crippen LogP contribution in [0.5, 0.6) is 0 Å². The molecule has 0 saturated heterocycles. The standard InChI is InChI=1S/C16H30N4O2S2/c1-3-4-9-21-11-12-22-10-7-19-15(17-2)18-6-5-13-23-16-20-8-14-24-16/h8,14H,3-7,9-13H2,1-2H3,(H2,17,18,19). The van der Waals surface area contributed by atoms with E-state index in [0.717, 1.165) is 48.6 Å². The Morgan fingerprint density at radius 2 is 1.96 bits per heavy atom. The Hall–Kier alpha value is -0.830. The molecule has 2 N–H and O–H groups in total. The summed E-state index contributed by atoms with van der Waals surface area (Å²) in [6.07, 6.45) is 5.19. The van der Waals surface area contributed by atoms with Crippen molar-refractivity contribution in [2.45, 2.75) is 30.5 Å². The highest BCUT2D eigenvalue weighted by molar-refractivity contribution is 8.00. The van der Waals surface area contributed by atoms with Crippen molar-refractivity contribution in [1.82, 2.24) is 15.6 Å². The van der Waals surface area contributed by atoms with Crippen LogP contribution in [0.25, 0.3) is 0 Å². The average Bonchev–Trinajstić information content (AvgIpc) is 3.11. The number of thioether (sulfide) groups is 1. The molecule has 6 nitrogen and oxygen atoms in total. The molecular formula is C16H30N4O2S2. The second-order valence-electron chi connectivity index (χ2n) is 5.00. The summed E-state index contributed by atoms with van der Waals surface area (Å²) in [5.74, 6) is 1.87. The van der Waals surface area contributed by atoms with E-state index < -0.39 is 0 Å². The summed E-state index contributed by atoms with van der Waals surface area (Å²) in [5.41, 5.74) is 0. The summed E-state index contributed by atoms with van der Waals surface area (Å²) < 4.78 is 12.1. The molecular weight excluding hydrogens is 344 g/mol. The van der Waals surface area contributed by atoms with Gasteiger partial charge in [-0.25, -0.2) is 4.98 Å². The smallest absolute Gasteiger partial charge is 0.191 e. The number of nitrogens with one attached hydrogen (secondary N) is 2. The van der Waals surface area contributed by atoms with Crippen molar-refractivity contribution in [1.29, 1.82) is 0 Å². The molecule has 1 heterocycles. The van der Waals surface area contributed by atoms with Crippen LogP contribution in [0, 0.1) is 0 Å². The Kier molecular flexibility index (Phi) is 13.9. The van der Waals surface area contributed by atoms with Gasteiger partial charge in [-0.2, -0.15) is 0 Å². The van der Waals surface area contributed by atoms with Gasteiger partial charge >= 0.3 is 0 Å². The highest BCUT2D eigenvalue weighted by Crippen LogP contribution is 2.20. The van der Waals surface area contributed by atoms with Crippen LogP contribution in [0.2, 0.25) is 0 Å². The fraction of sp³-hybridized carbons (Fsp3) is 0.750. The lowest BCUT2D eigenvalue weighted by molar-refractivity contribution is 0.0487. The quantitative estimate of drug-likeness (QED) is 0.226. The third kappa shape index (κ3) is 11.7. The van der Waals surface area contributed by atoms with Gasteiger partial charge in [-0.3, -0.25) is 4.99 Å². The predicted molar refractivity (Wildman–Crippen MR) is 103 cm³/mol. The van der Waals surface area contributed by atoms with E-state index in [9.17, 15) is 0 Å². The Bertz CT molecular complexity index is 416. The molecule has 138 valence electrons. The van der Waals surface area contributed by atoms with E-state index in [-0.39, 0.29) is 0 Å². The first kappa shape index (κ1) is 21.2. The first-order valence-corrected chi connectivity index (χ1v) is 10.4. The lowest BCUT2D eigenvalue weighted by Gasteiger charge is -2.12. The van der Waals surface area contributed by atoms with Crippen LogP contribution in [-0.4, -0.2) is 63.3 Å². The van der Waals surface area contributed by atoms with Crippen LogP contribution in [0.4, 0.5) is 0 Å². The molecule has 0 aromatic carbocycles. The fourth-order valence-corrected chi connectivity index (χ4v) is 3.40. The molecule has 0 aliphatic carbocycles. The van der Waals surface area contributed by atoms with Crippen molar-refractivity contribution in [2.75, 3.05) is 52.3 Å². The number of hydrogen-bond acceptors (Lipinski definition) is 6. The van der Waals surface area contributed by atoms with Crippen LogP contribution in [0.15, 0.2) is 20.9 Å². The molecule has 0 saturated carbocycles. The molecule has 0 spiro atoms. The van der Waals surface area contributed by atoms with Crippen LogP contribution >= 0.6 is 23.1 Å². The lowest BCUT2D eigenvalue weighted by atomic mass is 10.4. The maximum Gasteiger partial charge on any atom is 0.191 e. The Morgan fingerprint density at radius 3 is 2.67 bits per heavy atom. The maximum atomic E-state index is 5.51. The fourth-order valence-electron chi connectivity index (χ4n) is 1.75. The monoisotopic (exact) mass is 374 g/mol. The van der Waals surface area contributed by atoms with Crippen molar-refractivity contribution in [3.8, 4) is 0 Å². The van der Waals surface area contributed by atoms with E-state index in [2.05, 4.69) is 27.5 Å². The molecule has 0 bridgehead atoms. The third-order valence-electron chi connectivity index (χ3n) is 3.03. The van der Waals surface area contributed by atoms with E-state index in [1.165, 1.54) is 6.42 Å². The lowest BCUT2D eigenvalue weighted by Crippen LogP contribution is -2.39. The van der Waals surface area contributed by atoms with Crippen molar-refractivity contribution >= 4 is 29.1 Å². The van der Waals surface area contributed by atoms with Crippen molar-refractivity contribution in [3.63, 3.8) is 0 Å². The highest BCUT2D eigenvalue weighted by atomic mass is 32.2. The van der Waals surface area contributed by atoms with Gasteiger partial charge in [0.1, 0.15) is 4.34 Å². The average molecular weight is 375 g/mol. The molecule has 8 heteroatoms. The van der Waals surface area contributed by atoms with Crippen LogP contribution in [-0.2, 0) is 9.47 Å².